The van der Waals surface area contributed by atoms with E-state index in [2.05, 4.69) is 0 Å². The monoisotopic (exact) mass is 296 g/mol. The number of carboxylic acid groups (broad SMARTS) is 1. The molecule has 110 valence electrons. The molecule has 1 saturated heterocycles. The zero-order valence-electron chi connectivity index (χ0n) is 11.6. The average Bonchev–Trinajstić information content (AvgIpc) is 2.46. The highest BCUT2D eigenvalue weighted by Gasteiger charge is 2.19. The van der Waals surface area contributed by atoms with Crippen LogP contribution in [0.25, 0.3) is 0 Å². The van der Waals surface area contributed by atoms with E-state index in [0.717, 1.165) is 36.7 Å². The van der Waals surface area contributed by atoms with Crippen LogP contribution in [-0.4, -0.2) is 36.6 Å². The van der Waals surface area contributed by atoms with E-state index in [0.29, 0.717) is 18.3 Å². The number of hydrogen-bond donors (Lipinski definition) is 1. The lowest BCUT2D eigenvalue weighted by Gasteiger charge is -2.22. The molecular weight excluding hydrogens is 276 g/mol. The molecule has 5 heteroatoms. The van der Waals surface area contributed by atoms with Crippen molar-refractivity contribution in [1.29, 1.82) is 0 Å². The first-order valence-corrected chi connectivity index (χ1v) is 7.90. The topological polar surface area (TPSA) is 55.8 Å². The van der Waals surface area contributed by atoms with E-state index in [4.69, 9.17) is 9.47 Å². The number of aromatic carboxylic acids is 1. The van der Waals surface area contributed by atoms with Gasteiger partial charge in [-0.1, -0.05) is 13.0 Å². The van der Waals surface area contributed by atoms with Gasteiger partial charge in [0.05, 0.1) is 6.61 Å². The highest BCUT2D eigenvalue weighted by Crippen LogP contribution is 2.31. The summed E-state index contributed by atoms with van der Waals surface area (Å²) in [7, 11) is 0. The van der Waals surface area contributed by atoms with Crippen LogP contribution in [0, 0.1) is 5.92 Å². The molecule has 1 N–H and O–H groups in total. The van der Waals surface area contributed by atoms with Gasteiger partial charge in [-0.2, -0.15) is 0 Å². The molecule has 0 amide bonds. The normalized spacial score (nSPS) is 16.1. The lowest BCUT2D eigenvalue weighted by atomic mass is 10.0. The summed E-state index contributed by atoms with van der Waals surface area (Å²) in [4.78, 5) is 12.2. The van der Waals surface area contributed by atoms with Gasteiger partial charge in [-0.25, -0.2) is 4.79 Å². The number of ether oxygens (including phenoxy) is 2. The molecule has 0 spiro atoms. The molecule has 1 aliphatic rings. The van der Waals surface area contributed by atoms with Gasteiger partial charge in [0.2, 0.25) is 0 Å². The van der Waals surface area contributed by atoms with Gasteiger partial charge in [0, 0.05) is 18.1 Å². The molecule has 4 nitrogen and oxygen atoms in total. The van der Waals surface area contributed by atoms with Crippen LogP contribution < -0.4 is 4.74 Å². The van der Waals surface area contributed by atoms with Gasteiger partial charge in [0.15, 0.2) is 0 Å². The fourth-order valence-electron chi connectivity index (χ4n) is 2.24. The summed E-state index contributed by atoms with van der Waals surface area (Å²) in [5.41, 5.74) is 0.284. The predicted octanol–water partition coefficient (Wildman–Crippen LogP) is 3.30. The Labute approximate surface area is 123 Å². The Morgan fingerprint density at radius 1 is 1.45 bits per heavy atom. The second-order valence-corrected chi connectivity index (χ2v) is 6.04. The third-order valence-corrected chi connectivity index (χ3v) is 4.26. The summed E-state index contributed by atoms with van der Waals surface area (Å²) >= 11 is 1.53. The smallest absolute Gasteiger partial charge is 0.340 e. The number of rotatable bonds is 6. The first-order chi connectivity index (χ1) is 9.72. The van der Waals surface area contributed by atoms with Crippen molar-refractivity contribution in [3.63, 3.8) is 0 Å². The highest BCUT2D eigenvalue weighted by molar-refractivity contribution is 7.99. The molecule has 0 aliphatic carbocycles. The van der Waals surface area contributed by atoms with Gasteiger partial charge >= 0.3 is 5.97 Å². The van der Waals surface area contributed by atoms with Crippen LogP contribution in [0.1, 0.15) is 30.1 Å². The Hall–Kier alpha value is -1.20. The molecule has 0 aromatic heterocycles. The van der Waals surface area contributed by atoms with E-state index >= 15 is 0 Å². The van der Waals surface area contributed by atoms with E-state index in [-0.39, 0.29) is 5.56 Å². The third-order valence-electron chi connectivity index (χ3n) is 3.32. The first kappa shape index (κ1) is 15.2. The Balaban J connectivity index is 2.09. The maximum Gasteiger partial charge on any atom is 0.340 e. The van der Waals surface area contributed by atoms with Crippen molar-refractivity contribution in [2.24, 2.45) is 5.92 Å². The van der Waals surface area contributed by atoms with Crippen LogP contribution in [-0.2, 0) is 4.74 Å². The van der Waals surface area contributed by atoms with Crippen molar-refractivity contribution in [2.45, 2.75) is 24.7 Å². The molecule has 0 bridgehead atoms. The van der Waals surface area contributed by atoms with E-state index in [1.54, 1.807) is 6.07 Å². The van der Waals surface area contributed by atoms with Gasteiger partial charge in [0.25, 0.3) is 0 Å². The summed E-state index contributed by atoms with van der Waals surface area (Å²) in [6.07, 6.45) is 1.96. The summed E-state index contributed by atoms with van der Waals surface area (Å²) in [6.45, 7) is 4.10. The molecule has 2 rings (SSSR count). The van der Waals surface area contributed by atoms with Crippen molar-refractivity contribution in [2.75, 3.05) is 25.6 Å². The first-order valence-electron chi connectivity index (χ1n) is 6.92. The minimum absolute atomic E-state index is 0.284. The Kier molecular flexibility index (Phi) is 5.73. The second kappa shape index (κ2) is 7.55. The Bertz CT molecular complexity index is 455. The maximum absolute atomic E-state index is 11.5. The fraction of sp³-hybridized carbons (Fsp3) is 0.533. The lowest BCUT2D eigenvalue weighted by Crippen LogP contribution is -2.22. The minimum Gasteiger partial charge on any atom is -0.492 e. The molecule has 0 saturated carbocycles. The molecule has 0 unspecified atom stereocenters. The lowest BCUT2D eigenvalue weighted by molar-refractivity contribution is 0.0489. The molecule has 20 heavy (non-hydrogen) atoms. The Morgan fingerprint density at radius 3 is 2.85 bits per heavy atom. The van der Waals surface area contributed by atoms with Crippen molar-refractivity contribution >= 4 is 17.7 Å². The van der Waals surface area contributed by atoms with Crippen molar-refractivity contribution in [1.82, 2.24) is 0 Å². The predicted molar refractivity (Wildman–Crippen MR) is 78.8 cm³/mol. The van der Waals surface area contributed by atoms with Crippen LogP contribution in [0.3, 0.4) is 0 Å². The number of carboxylic acids is 1. The van der Waals surface area contributed by atoms with Crippen LogP contribution in [0.4, 0.5) is 0 Å². The standard InChI is InChI=1S/C15H20O4S/c1-2-20-13-5-3-4-12(14(13)15(16)17)19-10-11-6-8-18-9-7-11/h3-5,11H,2,6-10H2,1H3,(H,16,17). The molecule has 1 heterocycles. The molecular formula is C15H20O4S. The fourth-order valence-corrected chi connectivity index (χ4v) is 3.06. The third kappa shape index (κ3) is 3.90. The van der Waals surface area contributed by atoms with E-state index in [9.17, 15) is 9.90 Å². The van der Waals surface area contributed by atoms with Crippen LogP contribution in [0.2, 0.25) is 0 Å². The summed E-state index contributed by atoms with van der Waals surface area (Å²) < 4.78 is 11.1. The Morgan fingerprint density at radius 2 is 2.20 bits per heavy atom. The van der Waals surface area contributed by atoms with Gasteiger partial charge in [-0.3, -0.25) is 0 Å². The van der Waals surface area contributed by atoms with Crippen molar-refractivity contribution in [3.05, 3.63) is 23.8 Å². The molecule has 0 atom stereocenters. The largest absolute Gasteiger partial charge is 0.492 e. The molecule has 1 aromatic rings. The van der Waals surface area contributed by atoms with Crippen molar-refractivity contribution in [3.8, 4) is 5.75 Å². The number of benzene rings is 1. The van der Waals surface area contributed by atoms with Gasteiger partial charge in [-0.15, -0.1) is 11.8 Å². The minimum atomic E-state index is -0.927. The van der Waals surface area contributed by atoms with E-state index in [1.807, 2.05) is 19.1 Å². The van der Waals surface area contributed by atoms with Crippen LogP contribution in [0.15, 0.2) is 23.1 Å². The van der Waals surface area contributed by atoms with Gasteiger partial charge in [-0.05, 0) is 36.6 Å². The number of hydrogen-bond acceptors (Lipinski definition) is 4. The van der Waals surface area contributed by atoms with E-state index < -0.39 is 5.97 Å². The molecule has 0 radical (unpaired) electrons. The van der Waals surface area contributed by atoms with Crippen LogP contribution in [0.5, 0.6) is 5.75 Å². The van der Waals surface area contributed by atoms with E-state index in [1.165, 1.54) is 11.8 Å². The number of thioether (sulfide) groups is 1. The van der Waals surface area contributed by atoms with Gasteiger partial charge in [0.1, 0.15) is 11.3 Å². The molecule has 1 fully saturated rings. The summed E-state index contributed by atoms with van der Waals surface area (Å²) in [5.74, 6) is 0.836. The number of carbonyl (C=O) groups is 1. The zero-order valence-corrected chi connectivity index (χ0v) is 12.4. The summed E-state index contributed by atoms with van der Waals surface area (Å²) in [6, 6.07) is 5.42. The summed E-state index contributed by atoms with van der Waals surface area (Å²) in [5, 5.41) is 9.40. The maximum atomic E-state index is 11.5. The van der Waals surface area contributed by atoms with Crippen molar-refractivity contribution < 1.29 is 19.4 Å². The SMILES string of the molecule is CCSc1cccc(OCC2CCOCC2)c1C(=O)O. The molecule has 1 aromatic carbocycles. The second-order valence-electron chi connectivity index (χ2n) is 4.73. The zero-order chi connectivity index (χ0) is 14.4. The highest BCUT2D eigenvalue weighted by atomic mass is 32.2. The van der Waals surface area contributed by atoms with Gasteiger partial charge < -0.3 is 14.6 Å². The quantitative estimate of drug-likeness (QED) is 0.816. The van der Waals surface area contributed by atoms with Crippen LogP contribution >= 0.6 is 11.8 Å². The average molecular weight is 296 g/mol. The molecule has 1 aliphatic heterocycles.